The predicted octanol–water partition coefficient (Wildman–Crippen LogP) is 2.55. The van der Waals surface area contributed by atoms with Gasteiger partial charge in [-0.3, -0.25) is 0 Å². The highest BCUT2D eigenvalue weighted by atomic mass is 127. The molecule has 0 saturated carbocycles. The monoisotopic (exact) mass is 376 g/mol. The zero-order chi connectivity index (χ0) is 14.0. The van der Waals surface area contributed by atoms with Gasteiger partial charge < -0.3 is 24.5 Å². The Morgan fingerprint density at radius 1 is 1.05 bits per heavy atom. The molecule has 2 aromatic rings. The molecule has 1 aromatic heterocycles. The number of ether oxygens (including phenoxy) is 3. The highest BCUT2D eigenvalue weighted by molar-refractivity contribution is 14.1. The zero-order valence-corrected chi connectivity index (χ0v) is 12.8. The van der Waals surface area contributed by atoms with E-state index in [1.807, 2.05) is 0 Å². The molecule has 0 spiro atoms. The fourth-order valence-electron chi connectivity index (χ4n) is 1.67. The van der Waals surface area contributed by atoms with Crippen molar-refractivity contribution in [1.82, 2.24) is 5.16 Å². The van der Waals surface area contributed by atoms with Crippen LogP contribution in [-0.4, -0.2) is 26.5 Å². The molecule has 2 rings (SSSR count). The number of rotatable bonds is 4. The Labute approximate surface area is 123 Å². The van der Waals surface area contributed by atoms with Crippen LogP contribution < -0.4 is 19.9 Å². The van der Waals surface area contributed by atoms with Gasteiger partial charge in [0.05, 0.1) is 26.9 Å². The minimum Gasteiger partial charge on any atom is -0.496 e. The first-order chi connectivity index (χ1) is 9.12. The lowest BCUT2D eigenvalue weighted by Crippen LogP contribution is -1.95. The molecule has 0 atom stereocenters. The van der Waals surface area contributed by atoms with Crippen LogP contribution in [0.25, 0.3) is 11.3 Å². The third-order valence-corrected chi connectivity index (χ3v) is 3.65. The Balaban J connectivity index is 2.65. The molecule has 0 radical (unpaired) electrons. The fourth-order valence-corrected chi connectivity index (χ4v) is 2.15. The van der Waals surface area contributed by atoms with Crippen LogP contribution in [0.4, 0.5) is 5.82 Å². The summed E-state index contributed by atoms with van der Waals surface area (Å²) in [5.74, 6) is 2.62. The second kappa shape index (κ2) is 5.55. The van der Waals surface area contributed by atoms with Crippen LogP contribution in [0.5, 0.6) is 17.2 Å². The SMILES string of the molecule is COc1cc(OC)c(-c2onc(N)c2I)cc1OC. The van der Waals surface area contributed by atoms with E-state index in [9.17, 15) is 0 Å². The lowest BCUT2D eigenvalue weighted by atomic mass is 10.1. The number of benzene rings is 1. The number of anilines is 1. The van der Waals surface area contributed by atoms with Crippen molar-refractivity contribution in [2.24, 2.45) is 0 Å². The minimum atomic E-state index is 0.340. The molecule has 0 bridgehead atoms. The summed E-state index contributed by atoms with van der Waals surface area (Å²) in [6, 6.07) is 3.49. The average Bonchev–Trinajstić information content (AvgIpc) is 2.77. The molecule has 102 valence electrons. The Bertz CT molecular complexity index is 598. The molecule has 19 heavy (non-hydrogen) atoms. The number of nitrogens with two attached hydrogens (primary N) is 1. The Kier molecular flexibility index (Phi) is 4.03. The highest BCUT2D eigenvalue weighted by Gasteiger charge is 2.20. The van der Waals surface area contributed by atoms with Gasteiger partial charge in [0.15, 0.2) is 23.1 Å². The number of nitrogen functional groups attached to an aromatic ring is 1. The van der Waals surface area contributed by atoms with Gasteiger partial charge in [-0.2, -0.15) is 0 Å². The first-order valence-corrected chi connectivity index (χ1v) is 6.41. The predicted molar refractivity (Wildman–Crippen MR) is 78.7 cm³/mol. The number of hydrogen-bond donors (Lipinski definition) is 1. The molecule has 0 aliphatic heterocycles. The molecular weight excluding hydrogens is 363 g/mol. The summed E-state index contributed by atoms with van der Waals surface area (Å²) in [6.07, 6.45) is 0. The van der Waals surface area contributed by atoms with E-state index in [-0.39, 0.29) is 0 Å². The van der Waals surface area contributed by atoms with Crippen LogP contribution in [0, 0.1) is 3.57 Å². The highest BCUT2D eigenvalue weighted by Crippen LogP contribution is 2.42. The number of nitrogens with zero attached hydrogens (tertiary/aromatic N) is 1. The molecule has 1 aromatic carbocycles. The molecule has 2 N–H and O–H groups in total. The van der Waals surface area contributed by atoms with Crippen molar-refractivity contribution in [2.75, 3.05) is 27.1 Å². The van der Waals surface area contributed by atoms with Crippen LogP contribution in [0.3, 0.4) is 0 Å². The fraction of sp³-hybridized carbons (Fsp3) is 0.250. The maximum absolute atomic E-state index is 5.69. The number of halogens is 1. The quantitative estimate of drug-likeness (QED) is 0.827. The van der Waals surface area contributed by atoms with Gasteiger partial charge in [0.2, 0.25) is 0 Å². The van der Waals surface area contributed by atoms with Crippen molar-refractivity contribution in [3.05, 3.63) is 15.7 Å². The normalized spacial score (nSPS) is 10.3. The molecule has 6 nitrogen and oxygen atoms in total. The Hall–Kier alpha value is -1.64. The maximum atomic E-state index is 5.69. The van der Waals surface area contributed by atoms with Gasteiger partial charge in [0.25, 0.3) is 0 Å². The van der Waals surface area contributed by atoms with E-state index in [4.69, 9.17) is 24.5 Å². The van der Waals surface area contributed by atoms with Crippen molar-refractivity contribution < 1.29 is 18.7 Å². The number of methoxy groups -OCH3 is 3. The van der Waals surface area contributed by atoms with Gasteiger partial charge in [-0.1, -0.05) is 5.16 Å². The molecule has 0 fully saturated rings. The van der Waals surface area contributed by atoms with E-state index in [1.165, 1.54) is 0 Å². The standard InChI is InChI=1S/C12H13IN2O4/c1-16-7-5-9(18-3)8(17-2)4-6(7)11-10(13)12(14)15-19-11/h4-5H,1-3H3,(H2,14,15). The molecular formula is C12H13IN2O4. The van der Waals surface area contributed by atoms with Crippen LogP contribution >= 0.6 is 22.6 Å². The van der Waals surface area contributed by atoms with E-state index in [2.05, 4.69) is 27.7 Å². The smallest absolute Gasteiger partial charge is 0.186 e. The lowest BCUT2D eigenvalue weighted by Gasteiger charge is -2.12. The van der Waals surface area contributed by atoms with Gasteiger partial charge in [-0.05, 0) is 28.7 Å². The van der Waals surface area contributed by atoms with E-state index in [0.29, 0.717) is 34.4 Å². The molecule has 0 amide bonds. The van der Waals surface area contributed by atoms with Crippen molar-refractivity contribution in [3.8, 4) is 28.6 Å². The van der Waals surface area contributed by atoms with Gasteiger partial charge in [-0.15, -0.1) is 0 Å². The summed E-state index contributed by atoms with van der Waals surface area (Å²) in [4.78, 5) is 0. The molecule has 0 unspecified atom stereocenters. The summed E-state index contributed by atoms with van der Waals surface area (Å²) in [5, 5.41) is 3.73. The second-order valence-electron chi connectivity index (χ2n) is 3.62. The molecule has 0 aliphatic carbocycles. The summed E-state index contributed by atoms with van der Waals surface area (Å²) in [5.41, 5.74) is 6.39. The van der Waals surface area contributed by atoms with Crippen molar-refractivity contribution >= 4 is 28.4 Å². The zero-order valence-electron chi connectivity index (χ0n) is 10.7. The topological polar surface area (TPSA) is 79.7 Å². The van der Waals surface area contributed by atoms with Crippen LogP contribution in [0.15, 0.2) is 16.7 Å². The van der Waals surface area contributed by atoms with Gasteiger partial charge in [0.1, 0.15) is 9.32 Å². The molecule has 1 heterocycles. The summed E-state index contributed by atoms with van der Waals surface area (Å²) in [7, 11) is 4.69. The van der Waals surface area contributed by atoms with Gasteiger partial charge in [-0.25, -0.2) is 0 Å². The summed E-state index contributed by atoms with van der Waals surface area (Å²) >= 11 is 2.07. The molecule has 0 aliphatic rings. The van der Waals surface area contributed by atoms with Crippen molar-refractivity contribution in [2.45, 2.75) is 0 Å². The van der Waals surface area contributed by atoms with Crippen molar-refractivity contribution in [1.29, 1.82) is 0 Å². The maximum Gasteiger partial charge on any atom is 0.186 e. The van der Waals surface area contributed by atoms with Crippen LogP contribution in [0.2, 0.25) is 0 Å². The molecule has 7 heteroatoms. The second-order valence-corrected chi connectivity index (χ2v) is 4.70. The number of aromatic nitrogens is 1. The van der Waals surface area contributed by atoms with Gasteiger partial charge in [0, 0.05) is 6.07 Å². The third kappa shape index (κ3) is 2.42. The summed E-state index contributed by atoms with van der Waals surface area (Å²) in [6.45, 7) is 0. The van der Waals surface area contributed by atoms with Crippen molar-refractivity contribution in [3.63, 3.8) is 0 Å². The van der Waals surface area contributed by atoms with Gasteiger partial charge >= 0.3 is 0 Å². The van der Waals surface area contributed by atoms with Crippen LogP contribution in [-0.2, 0) is 0 Å². The van der Waals surface area contributed by atoms with E-state index >= 15 is 0 Å². The number of hydrogen-bond acceptors (Lipinski definition) is 6. The largest absolute Gasteiger partial charge is 0.496 e. The van der Waals surface area contributed by atoms with Crippen LogP contribution in [0.1, 0.15) is 0 Å². The Morgan fingerprint density at radius 2 is 1.63 bits per heavy atom. The van der Waals surface area contributed by atoms with E-state index < -0.39 is 0 Å². The first-order valence-electron chi connectivity index (χ1n) is 5.33. The molecule has 0 saturated heterocycles. The third-order valence-electron chi connectivity index (χ3n) is 2.61. The minimum absolute atomic E-state index is 0.340. The average molecular weight is 376 g/mol. The Morgan fingerprint density at radius 3 is 2.11 bits per heavy atom. The van der Waals surface area contributed by atoms with E-state index in [0.717, 1.165) is 3.57 Å². The van der Waals surface area contributed by atoms with E-state index in [1.54, 1.807) is 33.5 Å². The lowest BCUT2D eigenvalue weighted by molar-refractivity contribution is 0.348. The first kappa shape index (κ1) is 13.8. The summed E-state index contributed by atoms with van der Waals surface area (Å²) < 4.78 is 21.8.